The second-order valence-corrected chi connectivity index (χ2v) is 4.81. The van der Waals surface area contributed by atoms with Crippen LogP contribution in [0.3, 0.4) is 0 Å². The number of carbonyl (C=O) groups excluding carboxylic acids is 1. The summed E-state index contributed by atoms with van der Waals surface area (Å²) in [5.41, 5.74) is 1.30. The molecule has 106 valence electrons. The number of hydrogen-bond donors (Lipinski definition) is 1. The Morgan fingerprint density at radius 1 is 1.25 bits per heavy atom. The lowest BCUT2D eigenvalue weighted by Gasteiger charge is -2.09. The quantitative estimate of drug-likeness (QED) is 0.819. The Morgan fingerprint density at radius 2 is 2.10 bits per heavy atom. The van der Waals surface area contributed by atoms with Gasteiger partial charge >= 0.3 is 0 Å². The van der Waals surface area contributed by atoms with Crippen LogP contribution < -0.4 is 10.1 Å². The molecular formula is C17H21NO2. The molecule has 0 aliphatic heterocycles. The molecule has 0 aliphatic rings. The fourth-order valence-corrected chi connectivity index (χ4v) is 2.29. The molecule has 3 nitrogen and oxygen atoms in total. The number of amides is 1. The maximum Gasteiger partial charge on any atom is 0.219 e. The molecule has 0 spiro atoms. The summed E-state index contributed by atoms with van der Waals surface area (Å²) >= 11 is 0. The highest BCUT2D eigenvalue weighted by Gasteiger charge is 2.03. The summed E-state index contributed by atoms with van der Waals surface area (Å²) < 4.78 is 5.29. The lowest BCUT2D eigenvalue weighted by atomic mass is 10.0. The smallest absolute Gasteiger partial charge is 0.219 e. The fraction of sp³-hybridized carbons (Fsp3) is 0.353. The van der Waals surface area contributed by atoms with Crippen LogP contribution in [0.4, 0.5) is 0 Å². The van der Waals surface area contributed by atoms with E-state index >= 15 is 0 Å². The van der Waals surface area contributed by atoms with Gasteiger partial charge in [-0.1, -0.05) is 31.2 Å². The summed E-state index contributed by atoms with van der Waals surface area (Å²) in [6, 6.07) is 12.5. The second kappa shape index (κ2) is 6.94. The third-order valence-electron chi connectivity index (χ3n) is 3.45. The first-order valence-electron chi connectivity index (χ1n) is 7.07. The molecule has 0 heterocycles. The van der Waals surface area contributed by atoms with Gasteiger partial charge in [0, 0.05) is 13.0 Å². The van der Waals surface area contributed by atoms with Gasteiger partial charge in [0.2, 0.25) is 5.91 Å². The highest BCUT2D eigenvalue weighted by Crippen LogP contribution is 2.24. The third kappa shape index (κ3) is 3.50. The summed E-state index contributed by atoms with van der Waals surface area (Å²) in [5, 5.41) is 5.36. The Kier molecular flexibility index (Phi) is 4.99. The highest BCUT2D eigenvalue weighted by molar-refractivity contribution is 5.87. The zero-order chi connectivity index (χ0) is 14.4. The minimum Gasteiger partial charge on any atom is -0.497 e. The van der Waals surface area contributed by atoms with E-state index in [1.54, 1.807) is 7.11 Å². The third-order valence-corrected chi connectivity index (χ3v) is 3.45. The fourth-order valence-electron chi connectivity index (χ4n) is 2.29. The van der Waals surface area contributed by atoms with Crippen LogP contribution in [0.15, 0.2) is 36.4 Å². The monoisotopic (exact) mass is 271 g/mol. The molecule has 2 aromatic carbocycles. The number of aryl methyl sites for hydroxylation is 1. The first-order valence-corrected chi connectivity index (χ1v) is 7.07. The predicted octanol–water partition coefficient (Wildman–Crippen LogP) is 3.31. The first kappa shape index (κ1) is 14.4. The van der Waals surface area contributed by atoms with Crippen LogP contribution in [0.1, 0.15) is 25.3 Å². The van der Waals surface area contributed by atoms with Gasteiger partial charge in [0.05, 0.1) is 7.11 Å². The summed E-state index contributed by atoms with van der Waals surface area (Å²) in [7, 11) is 1.68. The minimum atomic E-state index is 0.115. The van der Waals surface area contributed by atoms with E-state index in [4.69, 9.17) is 4.74 Å². The van der Waals surface area contributed by atoms with Crippen molar-refractivity contribution < 1.29 is 9.53 Å². The molecule has 1 amide bonds. The van der Waals surface area contributed by atoms with E-state index < -0.39 is 0 Å². The normalized spacial score (nSPS) is 10.5. The van der Waals surface area contributed by atoms with Crippen molar-refractivity contribution in [2.75, 3.05) is 13.7 Å². The average molecular weight is 271 g/mol. The van der Waals surface area contributed by atoms with Crippen molar-refractivity contribution in [3.8, 4) is 5.75 Å². The predicted molar refractivity (Wildman–Crippen MR) is 82.1 cm³/mol. The van der Waals surface area contributed by atoms with Crippen LogP contribution in [0.25, 0.3) is 10.8 Å². The van der Waals surface area contributed by atoms with Crippen molar-refractivity contribution in [1.29, 1.82) is 0 Å². The van der Waals surface area contributed by atoms with E-state index in [9.17, 15) is 4.79 Å². The van der Waals surface area contributed by atoms with Crippen molar-refractivity contribution in [1.82, 2.24) is 5.32 Å². The molecule has 0 saturated heterocycles. The van der Waals surface area contributed by atoms with Crippen LogP contribution in [-0.2, 0) is 11.2 Å². The van der Waals surface area contributed by atoms with E-state index in [0.29, 0.717) is 6.42 Å². The van der Waals surface area contributed by atoms with Crippen LogP contribution in [0, 0.1) is 0 Å². The van der Waals surface area contributed by atoms with Crippen molar-refractivity contribution in [3.63, 3.8) is 0 Å². The van der Waals surface area contributed by atoms with Crippen molar-refractivity contribution in [3.05, 3.63) is 42.0 Å². The first-order chi connectivity index (χ1) is 9.74. The van der Waals surface area contributed by atoms with Crippen molar-refractivity contribution in [2.24, 2.45) is 0 Å². The SMILES string of the molecule is CCC(=O)NCCCc1cccc2ccc(OC)cc12. The molecule has 0 aromatic heterocycles. The van der Waals surface area contributed by atoms with Gasteiger partial charge in [-0.25, -0.2) is 0 Å². The van der Waals surface area contributed by atoms with E-state index in [0.717, 1.165) is 25.1 Å². The maximum atomic E-state index is 11.2. The minimum absolute atomic E-state index is 0.115. The molecule has 20 heavy (non-hydrogen) atoms. The largest absolute Gasteiger partial charge is 0.497 e. The molecule has 0 unspecified atom stereocenters. The number of carbonyl (C=O) groups is 1. The molecule has 1 N–H and O–H groups in total. The Morgan fingerprint density at radius 3 is 2.85 bits per heavy atom. The van der Waals surface area contributed by atoms with Crippen LogP contribution >= 0.6 is 0 Å². The summed E-state index contributed by atoms with van der Waals surface area (Å²) in [6.07, 6.45) is 2.45. The topological polar surface area (TPSA) is 38.3 Å². The number of rotatable bonds is 6. The van der Waals surface area contributed by atoms with E-state index in [1.165, 1.54) is 16.3 Å². The van der Waals surface area contributed by atoms with Crippen LogP contribution in [0.5, 0.6) is 5.75 Å². The van der Waals surface area contributed by atoms with E-state index in [2.05, 4.69) is 35.6 Å². The highest BCUT2D eigenvalue weighted by atomic mass is 16.5. The van der Waals surface area contributed by atoms with E-state index in [1.807, 2.05) is 13.0 Å². The molecule has 3 heteroatoms. The van der Waals surface area contributed by atoms with Crippen LogP contribution in [0.2, 0.25) is 0 Å². The molecule has 0 radical (unpaired) electrons. The van der Waals surface area contributed by atoms with Gasteiger partial charge in [0.1, 0.15) is 5.75 Å². The molecule has 0 saturated carbocycles. The number of methoxy groups -OCH3 is 1. The molecule has 2 aromatic rings. The Labute approximate surface area is 119 Å². The number of fused-ring (bicyclic) bond motifs is 1. The van der Waals surface area contributed by atoms with Gasteiger partial charge in [-0.2, -0.15) is 0 Å². The Balaban J connectivity index is 2.07. The summed E-state index contributed by atoms with van der Waals surface area (Å²) in [5.74, 6) is 0.994. The lowest BCUT2D eigenvalue weighted by Crippen LogP contribution is -2.23. The van der Waals surface area contributed by atoms with Gasteiger partial charge < -0.3 is 10.1 Å². The maximum absolute atomic E-state index is 11.2. The molecular weight excluding hydrogens is 250 g/mol. The molecule has 0 bridgehead atoms. The zero-order valence-electron chi connectivity index (χ0n) is 12.1. The summed E-state index contributed by atoms with van der Waals surface area (Å²) in [4.78, 5) is 11.2. The standard InChI is InChI=1S/C17H21NO2/c1-3-17(19)18-11-5-8-13-6-4-7-14-9-10-15(20-2)12-16(13)14/h4,6-7,9-10,12H,3,5,8,11H2,1-2H3,(H,18,19). The molecule has 0 aliphatic carbocycles. The Hall–Kier alpha value is -2.03. The summed E-state index contributed by atoms with van der Waals surface area (Å²) in [6.45, 7) is 2.60. The number of ether oxygens (including phenoxy) is 1. The average Bonchev–Trinajstić information content (AvgIpc) is 2.50. The van der Waals surface area contributed by atoms with Gasteiger partial charge in [0.15, 0.2) is 0 Å². The molecule has 2 rings (SSSR count). The van der Waals surface area contributed by atoms with Crippen LogP contribution in [-0.4, -0.2) is 19.6 Å². The number of hydrogen-bond acceptors (Lipinski definition) is 2. The zero-order valence-corrected chi connectivity index (χ0v) is 12.1. The Bertz CT molecular complexity index is 593. The van der Waals surface area contributed by atoms with Gasteiger partial charge in [-0.3, -0.25) is 4.79 Å². The number of benzene rings is 2. The number of nitrogens with one attached hydrogen (secondary N) is 1. The second-order valence-electron chi connectivity index (χ2n) is 4.81. The van der Waals surface area contributed by atoms with Crippen molar-refractivity contribution in [2.45, 2.75) is 26.2 Å². The molecule has 0 atom stereocenters. The van der Waals surface area contributed by atoms with Gasteiger partial charge in [0.25, 0.3) is 0 Å². The molecule has 0 fully saturated rings. The van der Waals surface area contributed by atoms with Gasteiger partial charge in [-0.05, 0) is 41.3 Å². The van der Waals surface area contributed by atoms with Gasteiger partial charge in [-0.15, -0.1) is 0 Å². The van der Waals surface area contributed by atoms with E-state index in [-0.39, 0.29) is 5.91 Å². The lowest BCUT2D eigenvalue weighted by molar-refractivity contribution is -0.120. The van der Waals surface area contributed by atoms with Crippen molar-refractivity contribution >= 4 is 16.7 Å².